The van der Waals surface area contributed by atoms with Crippen LogP contribution in [0.3, 0.4) is 0 Å². The molecule has 0 radical (unpaired) electrons. The molecule has 0 spiro atoms. The van der Waals surface area contributed by atoms with Gasteiger partial charge in [0.1, 0.15) is 0 Å². The van der Waals surface area contributed by atoms with Crippen molar-refractivity contribution < 1.29 is 14.8 Å². The number of carbonyl (C=O) groups is 1. The molecular formula is C14H21N3O4. The van der Waals surface area contributed by atoms with Gasteiger partial charge in [-0.1, -0.05) is 26.8 Å². The van der Waals surface area contributed by atoms with Gasteiger partial charge in [-0.3, -0.25) is 10.1 Å². The van der Waals surface area contributed by atoms with Gasteiger partial charge in [-0.25, -0.2) is 4.79 Å². The van der Waals surface area contributed by atoms with Gasteiger partial charge >= 0.3 is 6.03 Å². The Labute approximate surface area is 123 Å². The minimum Gasteiger partial charge on any atom is -0.391 e. The summed E-state index contributed by atoms with van der Waals surface area (Å²) < 4.78 is 0. The van der Waals surface area contributed by atoms with Crippen molar-refractivity contribution in [3.63, 3.8) is 0 Å². The monoisotopic (exact) mass is 295 g/mol. The SMILES string of the molecule is Cc1ccc(NC(=O)NCC(O)C(C)(C)C)cc1[N+](=O)[O-]. The van der Waals surface area contributed by atoms with Crippen LogP contribution in [0.25, 0.3) is 0 Å². The first-order chi connectivity index (χ1) is 9.61. The van der Waals surface area contributed by atoms with Crippen LogP contribution in [0.5, 0.6) is 0 Å². The van der Waals surface area contributed by atoms with Gasteiger partial charge < -0.3 is 15.7 Å². The topological polar surface area (TPSA) is 104 Å². The summed E-state index contributed by atoms with van der Waals surface area (Å²) >= 11 is 0. The minimum atomic E-state index is -0.685. The molecule has 7 nitrogen and oxygen atoms in total. The number of benzene rings is 1. The van der Waals surface area contributed by atoms with E-state index in [9.17, 15) is 20.0 Å². The number of hydrogen-bond donors (Lipinski definition) is 3. The lowest BCUT2D eigenvalue weighted by molar-refractivity contribution is -0.385. The highest BCUT2D eigenvalue weighted by Crippen LogP contribution is 2.22. The maximum Gasteiger partial charge on any atom is 0.319 e. The number of hydrogen-bond acceptors (Lipinski definition) is 4. The Kier molecular flexibility index (Phi) is 5.26. The molecule has 1 rings (SSSR count). The number of rotatable bonds is 4. The largest absolute Gasteiger partial charge is 0.391 e. The molecule has 0 aliphatic heterocycles. The summed E-state index contributed by atoms with van der Waals surface area (Å²) in [4.78, 5) is 22.0. The van der Waals surface area contributed by atoms with Gasteiger partial charge in [0.15, 0.2) is 0 Å². The second-order valence-corrected chi connectivity index (χ2v) is 5.98. The van der Waals surface area contributed by atoms with Crippen LogP contribution in [-0.4, -0.2) is 28.7 Å². The van der Waals surface area contributed by atoms with Crippen LogP contribution in [0.2, 0.25) is 0 Å². The number of anilines is 1. The third kappa shape index (κ3) is 5.03. The van der Waals surface area contributed by atoms with E-state index in [-0.39, 0.29) is 17.6 Å². The normalized spacial score (nSPS) is 12.6. The quantitative estimate of drug-likeness (QED) is 0.586. The Hall–Kier alpha value is -2.15. The fourth-order valence-electron chi connectivity index (χ4n) is 1.55. The summed E-state index contributed by atoms with van der Waals surface area (Å²) in [6.07, 6.45) is -0.685. The molecule has 2 amide bonds. The van der Waals surface area contributed by atoms with Gasteiger partial charge in [-0.05, 0) is 18.4 Å². The molecule has 0 saturated carbocycles. The molecule has 0 bridgehead atoms. The fourth-order valence-corrected chi connectivity index (χ4v) is 1.55. The van der Waals surface area contributed by atoms with Crippen molar-refractivity contribution >= 4 is 17.4 Å². The molecule has 0 saturated heterocycles. The van der Waals surface area contributed by atoms with Crippen molar-refractivity contribution in [2.45, 2.75) is 33.8 Å². The predicted molar refractivity (Wildman–Crippen MR) is 80.3 cm³/mol. The number of aliphatic hydroxyl groups is 1. The molecule has 3 N–H and O–H groups in total. The molecule has 0 aliphatic rings. The molecule has 0 fully saturated rings. The molecule has 1 unspecified atom stereocenters. The number of nitrogens with zero attached hydrogens (tertiary/aromatic N) is 1. The highest BCUT2D eigenvalue weighted by atomic mass is 16.6. The van der Waals surface area contributed by atoms with Crippen molar-refractivity contribution in [3.05, 3.63) is 33.9 Å². The Morgan fingerprint density at radius 2 is 2.05 bits per heavy atom. The number of nitro benzene ring substituents is 1. The van der Waals surface area contributed by atoms with Crippen LogP contribution in [0.15, 0.2) is 18.2 Å². The summed E-state index contributed by atoms with van der Waals surface area (Å²) in [5.74, 6) is 0. The zero-order valence-electron chi connectivity index (χ0n) is 12.6. The average Bonchev–Trinajstić information content (AvgIpc) is 2.36. The molecule has 0 aliphatic carbocycles. The molecule has 0 aromatic heterocycles. The first kappa shape index (κ1) is 16.9. The van der Waals surface area contributed by atoms with Crippen LogP contribution in [0.4, 0.5) is 16.2 Å². The highest BCUT2D eigenvalue weighted by Gasteiger charge is 2.22. The number of urea groups is 1. The average molecular weight is 295 g/mol. The third-order valence-corrected chi connectivity index (χ3v) is 3.12. The lowest BCUT2D eigenvalue weighted by atomic mass is 9.89. The third-order valence-electron chi connectivity index (χ3n) is 3.12. The van der Waals surface area contributed by atoms with E-state index in [4.69, 9.17) is 0 Å². The van der Waals surface area contributed by atoms with Crippen molar-refractivity contribution in [1.82, 2.24) is 5.32 Å². The van der Waals surface area contributed by atoms with Crippen molar-refractivity contribution in [2.75, 3.05) is 11.9 Å². The summed E-state index contributed by atoms with van der Waals surface area (Å²) in [6, 6.07) is 3.94. The van der Waals surface area contributed by atoms with Crippen LogP contribution < -0.4 is 10.6 Å². The van der Waals surface area contributed by atoms with E-state index in [1.165, 1.54) is 6.07 Å². The molecule has 1 atom stereocenters. The van der Waals surface area contributed by atoms with Gasteiger partial charge in [-0.15, -0.1) is 0 Å². The van der Waals surface area contributed by atoms with Crippen LogP contribution in [0, 0.1) is 22.5 Å². The maximum absolute atomic E-state index is 11.7. The molecular weight excluding hydrogens is 274 g/mol. The van der Waals surface area contributed by atoms with E-state index in [2.05, 4.69) is 10.6 Å². The lowest BCUT2D eigenvalue weighted by Crippen LogP contribution is -2.40. The number of aliphatic hydroxyl groups excluding tert-OH is 1. The van der Waals surface area contributed by atoms with Crippen LogP contribution in [-0.2, 0) is 0 Å². The summed E-state index contributed by atoms with van der Waals surface area (Å²) in [5, 5.41) is 25.7. The van der Waals surface area contributed by atoms with Crippen molar-refractivity contribution in [2.24, 2.45) is 5.41 Å². The Bertz CT molecular complexity index is 538. The second kappa shape index (κ2) is 6.53. The van der Waals surface area contributed by atoms with Crippen LogP contribution >= 0.6 is 0 Å². The number of amides is 2. The van der Waals surface area contributed by atoms with E-state index in [0.717, 1.165) is 0 Å². The molecule has 1 aromatic rings. The molecule has 1 aromatic carbocycles. The number of nitro groups is 1. The van der Waals surface area contributed by atoms with Crippen molar-refractivity contribution in [3.8, 4) is 0 Å². The first-order valence-electron chi connectivity index (χ1n) is 6.59. The maximum atomic E-state index is 11.7. The van der Waals surface area contributed by atoms with E-state index >= 15 is 0 Å². The van der Waals surface area contributed by atoms with Gasteiger partial charge in [-0.2, -0.15) is 0 Å². The summed E-state index contributed by atoms with van der Waals surface area (Å²) in [7, 11) is 0. The van der Waals surface area contributed by atoms with Gasteiger partial charge in [0.2, 0.25) is 0 Å². The second-order valence-electron chi connectivity index (χ2n) is 5.98. The predicted octanol–water partition coefficient (Wildman–Crippen LogP) is 2.43. The van der Waals surface area contributed by atoms with Crippen molar-refractivity contribution in [1.29, 1.82) is 0 Å². The van der Waals surface area contributed by atoms with Gasteiger partial charge in [0, 0.05) is 23.9 Å². The number of nitrogens with one attached hydrogen (secondary N) is 2. The number of carbonyl (C=O) groups excluding carboxylic acids is 1. The molecule has 0 heterocycles. The smallest absolute Gasteiger partial charge is 0.319 e. The summed E-state index contributed by atoms with van der Waals surface area (Å²) in [5.41, 5.74) is 0.460. The molecule has 7 heteroatoms. The van der Waals surface area contributed by atoms with Gasteiger partial charge in [0.05, 0.1) is 11.0 Å². The van der Waals surface area contributed by atoms with Gasteiger partial charge in [0.25, 0.3) is 5.69 Å². The Morgan fingerprint density at radius 1 is 1.43 bits per heavy atom. The van der Waals surface area contributed by atoms with E-state index in [1.54, 1.807) is 19.1 Å². The standard InChI is InChI=1S/C14H21N3O4/c1-9-5-6-10(7-11(9)17(20)21)16-13(19)15-8-12(18)14(2,3)4/h5-7,12,18H,8H2,1-4H3,(H2,15,16,19). The Morgan fingerprint density at radius 3 is 2.57 bits per heavy atom. The molecule has 21 heavy (non-hydrogen) atoms. The zero-order valence-corrected chi connectivity index (χ0v) is 12.6. The highest BCUT2D eigenvalue weighted by molar-refractivity contribution is 5.89. The van der Waals surface area contributed by atoms with E-state index < -0.39 is 17.1 Å². The first-order valence-corrected chi connectivity index (χ1v) is 6.59. The van der Waals surface area contributed by atoms with E-state index in [0.29, 0.717) is 11.3 Å². The minimum absolute atomic E-state index is 0.0532. The van der Waals surface area contributed by atoms with E-state index in [1.807, 2.05) is 20.8 Å². The summed E-state index contributed by atoms with van der Waals surface area (Å²) in [6.45, 7) is 7.31. The fraction of sp³-hybridized carbons (Fsp3) is 0.500. The number of aryl methyl sites for hydroxylation is 1. The Balaban J connectivity index is 2.64. The molecule has 116 valence electrons. The zero-order chi connectivity index (χ0) is 16.2. The lowest BCUT2D eigenvalue weighted by Gasteiger charge is -2.25. The van der Waals surface area contributed by atoms with Crippen LogP contribution in [0.1, 0.15) is 26.3 Å².